The predicted octanol–water partition coefficient (Wildman–Crippen LogP) is 2.78. The second-order valence-corrected chi connectivity index (χ2v) is 3.98. The fourth-order valence-corrected chi connectivity index (χ4v) is 1.90. The molecule has 70 valence electrons. The van der Waals surface area contributed by atoms with Crippen LogP contribution in [0.5, 0.6) is 0 Å². The molecule has 0 N–H and O–H groups in total. The number of rotatable bonds is 2. The van der Waals surface area contributed by atoms with Gasteiger partial charge in [-0.3, -0.25) is 0 Å². The molecule has 3 heteroatoms. The first-order valence-electron chi connectivity index (χ1n) is 4.08. The SMILES string of the molecule is CCOC(=O)c1cc(C)cc(I)c1. The van der Waals surface area contributed by atoms with E-state index in [2.05, 4.69) is 22.6 Å². The molecule has 0 aliphatic heterocycles. The molecule has 13 heavy (non-hydrogen) atoms. The smallest absolute Gasteiger partial charge is 0.338 e. The van der Waals surface area contributed by atoms with Gasteiger partial charge in [0.25, 0.3) is 0 Å². The third-order valence-electron chi connectivity index (χ3n) is 1.55. The second kappa shape index (κ2) is 4.60. The van der Waals surface area contributed by atoms with Gasteiger partial charge in [0.1, 0.15) is 0 Å². The van der Waals surface area contributed by atoms with Gasteiger partial charge in [-0.2, -0.15) is 0 Å². The number of aryl methyl sites for hydroxylation is 1. The van der Waals surface area contributed by atoms with Gasteiger partial charge >= 0.3 is 5.97 Å². The lowest BCUT2D eigenvalue weighted by molar-refractivity contribution is 0.0526. The van der Waals surface area contributed by atoms with Crippen LogP contribution in [-0.2, 0) is 4.74 Å². The monoisotopic (exact) mass is 290 g/mol. The molecular weight excluding hydrogens is 279 g/mol. The summed E-state index contributed by atoms with van der Waals surface area (Å²) >= 11 is 2.19. The Balaban J connectivity index is 2.94. The van der Waals surface area contributed by atoms with E-state index in [0.717, 1.165) is 9.13 Å². The highest BCUT2D eigenvalue weighted by Crippen LogP contribution is 2.12. The van der Waals surface area contributed by atoms with Crippen LogP contribution in [0.15, 0.2) is 18.2 Å². The highest BCUT2D eigenvalue weighted by atomic mass is 127. The first-order chi connectivity index (χ1) is 6.13. The fourth-order valence-electron chi connectivity index (χ4n) is 1.07. The van der Waals surface area contributed by atoms with Crippen LogP contribution in [0, 0.1) is 10.5 Å². The van der Waals surface area contributed by atoms with Gasteiger partial charge in [0.2, 0.25) is 0 Å². The molecule has 0 unspecified atom stereocenters. The lowest BCUT2D eigenvalue weighted by Gasteiger charge is -2.03. The van der Waals surface area contributed by atoms with Gasteiger partial charge in [0.05, 0.1) is 12.2 Å². The highest BCUT2D eigenvalue weighted by Gasteiger charge is 2.06. The molecule has 0 aromatic heterocycles. The van der Waals surface area contributed by atoms with Gasteiger partial charge in [-0.15, -0.1) is 0 Å². The minimum Gasteiger partial charge on any atom is -0.462 e. The zero-order valence-electron chi connectivity index (χ0n) is 7.63. The van der Waals surface area contributed by atoms with Crippen molar-refractivity contribution < 1.29 is 9.53 Å². The Morgan fingerprint density at radius 2 is 2.15 bits per heavy atom. The zero-order chi connectivity index (χ0) is 9.84. The van der Waals surface area contributed by atoms with E-state index in [1.807, 2.05) is 25.1 Å². The Morgan fingerprint density at radius 1 is 1.46 bits per heavy atom. The van der Waals surface area contributed by atoms with E-state index in [9.17, 15) is 4.79 Å². The second-order valence-electron chi connectivity index (χ2n) is 2.74. The van der Waals surface area contributed by atoms with Crippen molar-refractivity contribution in [2.45, 2.75) is 13.8 Å². The van der Waals surface area contributed by atoms with Crippen LogP contribution in [0.1, 0.15) is 22.8 Å². The summed E-state index contributed by atoms with van der Waals surface area (Å²) in [6.45, 7) is 4.19. The first kappa shape index (κ1) is 10.5. The van der Waals surface area contributed by atoms with E-state index in [0.29, 0.717) is 12.2 Å². The molecule has 0 amide bonds. The van der Waals surface area contributed by atoms with Crippen LogP contribution in [0.3, 0.4) is 0 Å². The highest BCUT2D eigenvalue weighted by molar-refractivity contribution is 14.1. The molecular formula is C10H11IO2. The zero-order valence-corrected chi connectivity index (χ0v) is 9.79. The number of carbonyl (C=O) groups is 1. The molecule has 1 rings (SSSR count). The van der Waals surface area contributed by atoms with Gasteiger partial charge in [-0.1, -0.05) is 0 Å². The van der Waals surface area contributed by atoms with Crippen molar-refractivity contribution in [1.29, 1.82) is 0 Å². The average molecular weight is 290 g/mol. The molecule has 0 fully saturated rings. The van der Waals surface area contributed by atoms with Crippen molar-refractivity contribution in [2.24, 2.45) is 0 Å². The van der Waals surface area contributed by atoms with Crippen molar-refractivity contribution in [3.8, 4) is 0 Å². The molecule has 0 atom stereocenters. The van der Waals surface area contributed by atoms with Crippen LogP contribution in [0.25, 0.3) is 0 Å². The maximum Gasteiger partial charge on any atom is 0.338 e. The van der Waals surface area contributed by atoms with Gasteiger partial charge < -0.3 is 4.74 Å². The summed E-state index contributed by atoms with van der Waals surface area (Å²) in [7, 11) is 0. The summed E-state index contributed by atoms with van der Waals surface area (Å²) in [6, 6.07) is 5.68. The van der Waals surface area contributed by atoms with E-state index in [1.165, 1.54) is 0 Å². The molecule has 0 aliphatic rings. The number of ether oxygens (including phenoxy) is 1. The summed E-state index contributed by atoms with van der Waals surface area (Å²) < 4.78 is 5.95. The van der Waals surface area contributed by atoms with Crippen LogP contribution >= 0.6 is 22.6 Å². The summed E-state index contributed by atoms with van der Waals surface area (Å²) in [6.07, 6.45) is 0. The largest absolute Gasteiger partial charge is 0.462 e. The molecule has 0 spiro atoms. The molecule has 1 aromatic rings. The van der Waals surface area contributed by atoms with E-state index >= 15 is 0 Å². The molecule has 0 saturated heterocycles. The maximum atomic E-state index is 11.3. The van der Waals surface area contributed by atoms with Crippen LogP contribution in [0.4, 0.5) is 0 Å². The van der Waals surface area contributed by atoms with E-state index < -0.39 is 0 Å². The third kappa shape index (κ3) is 2.99. The van der Waals surface area contributed by atoms with E-state index in [-0.39, 0.29) is 5.97 Å². The molecule has 2 nitrogen and oxygen atoms in total. The maximum absolute atomic E-state index is 11.3. The summed E-state index contributed by atoms with van der Waals surface area (Å²) in [5, 5.41) is 0. The normalized spacial score (nSPS) is 9.77. The molecule has 0 saturated carbocycles. The van der Waals surface area contributed by atoms with Gasteiger partial charge in [-0.05, 0) is 60.2 Å². The Bertz CT molecular complexity index is 300. The van der Waals surface area contributed by atoms with Crippen molar-refractivity contribution >= 4 is 28.6 Å². The molecule has 0 radical (unpaired) electrons. The van der Waals surface area contributed by atoms with Crippen molar-refractivity contribution in [1.82, 2.24) is 0 Å². The number of hydrogen-bond acceptors (Lipinski definition) is 2. The van der Waals surface area contributed by atoms with Crippen LogP contribution in [-0.4, -0.2) is 12.6 Å². The Hall–Kier alpha value is -0.580. The number of carbonyl (C=O) groups excluding carboxylic acids is 1. The lowest BCUT2D eigenvalue weighted by Crippen LogP contribution is -2.05. The molecule has 0 heterocycles. The predicted molar refractivity (Wildman–Crippen MR) is 59.9 cm³/mol. The fraction of sp³-hybridized carbons (Fsp3) is 0.300. The third-order valence-corrected chi connectivity index (χ3v) is 2.18. The number of hydrogen-bond donors (Lipinski definition) is 0. The average Bonchev–Trinajstić information content (AvgIpc) is 2.03. The van der Waals surface area contributed by atoms with E-state index in [4.69, 9.17) is 4.74 Å². The number of esters is 1. The molecule has 1 aromatic carbocycles. The quantitative estimate of drug-likeness (QED) is 0.618. The number of benzene rings is 1. The van der Waals surface area contributed by atoms with Gasteiger partial charge in [0, 0.05) is 3.57 Å². The summed E-state index contributed by atoms with van der Waals surface area (Å²) in [4.78, 5) is 11.3. The van der Waals surface area contributed by atoms with Crippen LogP contribution in [0.2, 0.25) is 0 Å². The topological polar surface area (TPSA) is 26.3 Å². The van der Waals surface area contributed by atoms with Crippen molar-refractivity contribution in [2.75, 3.05) is 6.61 Å². The Kier molecular flexibility index (Phi) is 3.71. The Labute approximate surface area is 91.4 Å². The van der Waals surface area contributed by atoms with Crippen molar-refractivity contribution in [3.63, 3.8) is 0 Å². The number of halogens is 1. The lowest BCUT2D eigenvalue weighted by atomic mass is 10.1. The Morgan fingerprint density at radius 3 is 2.69 bits per heavy atom. The van der Waals surface area contributed by atoms with Gasteiger partial charge in [0.15, 0.2) is 0 Å². The molecule has 0 aliphatic carbocycles. The minimum atomic E-state index is -0.246. The van der Waals surface area contributed by atoms with Crippen molar-refractivity contribution in [3.05, 3.63) is 32.9 Å². The van der Waals surface area contributed by atoms with E-state index in [1.54, 1.807) is 6.92 Å². The summed E-state index contributed by atoms with van der Waals surface area (Å²) in [5.41, 5.74) is 1.71. The van der Waals surface area contributed by atoms with Gasteiger partial charge in [-0.25, -0.2) is 4.79 Å². The first-order valence-corrected chi connectivity index (χ1v) is 5.15. The standard InChI is InChI=1S/C10H11IO2/c1-3-13-10(12)8-4-7(2)5-9(11)6-8/h4-6H,3H2,1-2H3. The van der Waals surface area contributed by atoms with Crippen LogP contribution < -0.4 is 0 Å². The summed E-state index contributed by atoms with van der Waals surface area (Å²) in [5.74, 6) is -0.246. The minimum absolute atomic E-state index is 0.246. The molecule has 0 bridgehead atoms.